The Morgan fingerprint density at radius 2 is 2.12 bits per heavy atom. The Morgan fingerprint density at radius 1 is 1.42 bits per heavy atom. The fraction of sp³-hybridized carbons (Fsp3) is 0.500. The number of carbonyl (C=O) groups is 2. The number of nitrogens with zero attached hydrogens (tertiary/aromatic N) is 2. The van der Waals surface area contributed by atoms with Crippen LogP contribution >= 0.6 is 15.9 Å². The van der Waals surface area contributed by atoms with Crippen molar-refractivity contribution in [2.24, 2.45) is 16.6 Å². The highest BCUT2D eigenvalue weighted by molar-refractivity contribution is 9.10. The first-order valence-electron chi connectivity index (χ1n) is 8.43. The number of primary amides is 1. The summed E-state index contributed by atoms with van der Waals surface area (Å²) in [4.78, 5) is 24.3. The zero-order valence-corrected chi connectivity index (χ0v) is 16.9. The Morgan fingerprint density at radius 3 is 2.73 bits per heavy atom. The molecule has 0 saturated heterocycles. The smallest absolute Gasteiger partial charge is 0.312 e. The fourth-order valence-electron chi connectivity index (χ4n) is 3.88. The molecule has 0 aromatic carbocycles. The van der Waals surface area contributed by atoms with Gasteiger partial charge in [0.1, 0.15) is 0 Å². The van der Waals surface area contributed by atoms with Crippen LogP contribution in [0.2, 0.25) is 0 Å². The van der Waals surface area contributed by atoms with Gasteiger partial charge >= 0.3 is 5.97 Å². The predicted octanol–water partition coefficient (Wildman–Crippen LogP) is 2.98. The summed E-state index contributed by atoms with van der Waals surface area (Å²) in [6, 6.07) is 1.84. The van der Waals surface area contributed by atoms with E-state index in [-0.39, 0.29) is 17.4 Å². The van der Waals surface area contributed by atoms with Crippen molar-refractivity contribution in [1.82, 2.24) is 9.61 Å². The minimum absolute atomic E-state index is 0.0374. The molecule has 0 bridgehead atoms. The van der Waals surface area contributed by atoms with Gasteiger partial charge in [-0.05, 0) is 41.8 Å². The average Bonchev–Trinajstić information content (AvgIpc) is 3.06. The Bertz CT molecular complexity index is 892. The van der Waals surface area contributed by atoms with Crippen LogP contribution in [0.5, 0.6) is 0 Å². The van der Waals surface area contributed by atoms with E-state index in [1.807, 2.05) is 33.0 Å². The second-order valence-electron chi connectivity index (χ2n) is 7.57. The predicted molar refractivity (Wildman–Crippen MR) is 102 cm³/mol. The Balaban J connectivity index is 2.05. The molecule has 1 amide bonds. The molecule has 2 atom stereocenters. The largest absolute Gasteiger partial charge is 0.469 e. The number of nitrogens with two attached hydrogens (primary N) is 1. The number of carbonyl (C=O) groups excluding carboxylic acids is 2. The van der Waals surface area contributed by atoms with Crippen LogP contribution in [0.1, 0.15) is 44.0 Å². The number of fused-ring (bicyclic) bond motifs is 1. The summed E-state index contributed by atoms with van der Waals surface area (Å²) < 4.78 is 7.57. The summed E-state index contributed by atoms with van der Waals surface area (Å²) in [7, 11) is 1.42. The maximum Gasteiger partial charge on any atom is 0.312 e. The summed E-state index contributed by atoms with van der Waals surface area (Å²) in [5.41, 5.74) is 6.26. The number of nitrogens with one attached hydrogen (secondary N) is 1. The van der Waals surface area contributed by atoms with Crippen LogP contribution in [0, 0.1) is 10.8 Å². The lowest BCUT2D eigenvalue weighted by atomic mass is 9.67. The SMILES string of the molecule is COC(=O)[C@@]1(C)CC[C@@H](Nc2c(C(N)=O)cnn3cc(Br)cc23)C1(C)C. The monoisotopic (exact) mass is 422 g/mol. The highest BCUT2D eigenvalue weighted by Crippen LogP contribution is 2.54. The standard InChI is InChI=1S/C18H23BrN4O3/c1-17(2)13(5-6-18(17,3)16(25)26-4)22-14-11(15(20)24)8-21-23-9-10(19)7-12(14)23/h7-9,13,22H,5-6H2,1-4H3,(H2,20,24)/t13-,18-/m1/s1. The Hall–Kier alpha value is -2.09. The van der Waals surface area contributed by atoms with E-state index in [4.69, 9.17) is 10.5 Å². The summed E-state index contributed by atoms with van der Waals surface area (Å²) in [5.74, 6) is -0.765. The van der Waals surface area contributed by atoms with Gasteiger partial charge in [-0.25, -0.2) is 4.52 Å². The molecule has 0 spiro atoms. The minimum Gasteiger partial charge on any atom is -0.469 e. The third kappa shape index (κ3) is 2.67. The fourth-order valence-corrected chi connectivity index (χ4v) is 4.29. The number of esters is 1. The molecule has 2 heterocycles. The van der Waals surface area contributed by atoms with Crippen molar-refractivity contribution < 1.29 is 14.3 Å². The van der Waals surface area contributed by atoms with Gasteiger partial charge in [0, 0.05) is 22.1 Å². The quantitative estimate of drug-likeness (QED) is 0.737. The zero-order chi connectivity index (χ0) is 19.3. The van der Waals surface area contributed by atoms with Gasteiger partial charge in [-0.2, -0.15) is 5.10 Å². The second-order valence-corrected chi connectivity index (χ2v) is 8.48. The summed E-state index contributed by atoms with van der Waals surface area (Å²) >= 11 is 3.44. The summed E-state index contributed by atoms with van der Waals surface area (Å²) in [6.45, 7) is 6.03. The number of hydrogen-bond donors (Lipinski definition) is 2. The van der Waals surface area contributed by atoms with E-state index in [0.717, 1.165) is 16.4 Å². The maximum atomic E-state index is 12.4. The van der Waals surface area contributed by atoms with Crippen molar-refractivity contribution in [2.75, 3.05) is 12.4 Å². The second kappa shape index (κ2) is 6.26. The lowest BCUT2D eigenvalue weighted by molar-refractivity contribution is -0.157. The first-order chi connectivity index (χ1) is 12.1. The third-order valence-electron chi connectivity index (χ3n) is 6.05. The summed E-state index contributed by atoms with van der Waals surface area (Å²) in [6.07, 6.45) is 4.74. The molecule has 2 aromatic rings. The van der Waals surface area contributed by atoms with Gasteiger partial charge in [-0.15, -0.1) is 0 Å². The number of aromatic nitrogens is 2. The van der Waals surface area contributed by atoms with Crippen LogP contribution in [-0.2, 0) is 9.53 Å². The molecule has 1 fully saturated rings. The van der Waals surface area contributed by atoms with Crippen molar-refractivity contribution in [2.45, 2.75) is 39.7 Å². The van der Waals surface area contributed by atoms with E-state index in [0.29, 0.717) is 17.7 Å². The third-order valence-corrected chi connectivity index (χ3v) is 6.48. The van der Waals surface area contributed by atoms with Gasteiger partial charge in [-0.1, -0.05) is 13.8 Å². The topological polar surface area (TPSA) is 98.7 Å². The normalized spacial score (nSPS) is 24.6. The number of hydrogen-bond acceptors (Lipinski definition) is 5. The molecular formula is C18H23BrN4O3. The highest BCUT2D eigenvalue weighted by Gasteiger charge is 2.57. The molecule has 2 aromatic heterocycles. The molecule has 3 rings (SSSR count). The van der Waals surface area contributed by atoms with Gasteiger partial charge in [0.2, 0.25) is 0 Å². The number of ether oxygens (including phenoxy) is 1. The minimum atomic E-state index is -0.613. The van der Waals surface area contributed by atoms with E-state index < -0.39 is 11.3 Å². The molecule has 1 aliphatic rings. The number of halogens is 1. The molecule has 8 heteroatoms. The lowest BCUT2D eigenvalue weighted by Crippen LogP contribution is -2.45. The zero-order valence-electron chi connectivity index (χ0n) is 15.3. The average molecular weight is 423 g/mol. The molecule has 3 N–H and O–H groups in total. The molecule has 1 aliphatic carbocycles. The van der Waals surface area contributed by atoms with E-state index in [9.17, 15) is 9.59 Å². The van der Waals surface area contributed by atoms with Crippen molar-refractivity contribution in [3.63, 3.8) is 0 Å². The van der Waals surface area contributed by atoms with Crippen molar-refractivity contribution in [3.05, 3.63) is 28.5 Å². The van der Waals surface area contributed by atoms with E-state index in [2.05, 4.69) is 26.3 Å². The number of rotatable bonds is 4. The number of amides is 1. The van der Waals surface area contributed by atoms with E-state index >= 15 is 0 Å². The molecule has 0 radical (unpaired) electrons. The van der Waals surface area contributed by atoms with Crippen LogP contribution in [0.15, 0.2) is 22.9 Å². The van der Waals surface area contributed by atoms with E-state index in [1.165, 1.54) is 13.3 Å². The first kappa shape index (κ1) is 18.7. The number of methoxy groups -OCH3 is 1. The van der Waals surface area contributed by atoms with Gasteiger partial charge in [0.15, 0.2) is 0 Å². The van der Waals surface area contributed by atoms with Crippen LogP contribution in [-0.4, -0.2) is 34.6 Å². The first-order valence-corrected chi connectivity index (χ1v) is 9.23. The maximum absolute atomic E-state index is 12.4. The molecule has 140 valence electrons. The van der Waals surface area contributed by atoms with Crippen LogP contribution < -0.4 is 11.1 Å². The van der Waals surface area contributed by atoms with Gasteiger partial charge in [0.05, 0.1) is 35.5 Å². The number of anilines is 1. The lowest BCUT2D eigenvalue weighted by Gasteiger charge is -2.40. The molecule has 1 saturated carbocycles. The molecule has 0 aliphatic heterocycles. The van der Waals surface area contributed by atoms with Crippen LogP contribution in [0.4, 0.5) is 5.69 Å². The van der Waals surface area contributed by atoms with Crippen LogP contribution in [0.3, 0.4) is 0 Å². The van der Waals surface area contributed by atoms with Gasteiger partial charge < -0.3 is 15.8 Å². The molecule has 0 unspecified atom stereocenters. The van der Waals surface area contributed by atoms with Crippen LogP contribution in [0.25, 0.3) is 5.52 Å². The van der Waals surface area contributed by atoms with Gasteiger partial charge in [-0.3, -0.25) is 9.59 Å². The van der Waals surface area contributed by atoms with Crippen molar-refractivity contribution in [3.8, 4) is 0 Å². The molecule has 26 heavy (non-hydrogen) atoms. The molecular weight excluding hydrogens is 400 g/mol. The summed E-state index contributed by atoms with van der Waals surface area (Å²) in [5, 5.41) is 7.72. The van der Waals surface area contributed by atoms with Gasteiger partial charge in [0.25, 0.3) is 5.91 Å². The highest BCUT2D eigenvalue weighted by atomic mass is 79.9. The van der Waals surface area contributed by atoms with E-state index in [1.54, 1.807) is 4.52 Å². The Kier molecular flexibility index (Phi) is 4.50. The molecule has 7 nitrogen and oxygen atoms in total. The Labute approximate surface area is 160 Å². The van der Waals surface area contributed by atoms with Crippen molar-refractivity contribution >= 4 is 39.0 Å². The van der Waals surface area contributed by atoms with Crippen molar-refractivity contribution in [1.29, 1.82) is 0 Å².